The summed E-state index contributed by atoms with van der Waals surface area (Å²) in [6.45, 7) is 0.610. The molecule has 2 aliphatic rings. The van der Waals surface area contributed by atoms with Gasteiger partial charge in [0.15, 0.2) is 6.73 Å². The highest BCUT2D eigenvalue weighted by atomic mass is 32.2. The Hall–Kier alpha value is -1.81. The Morgan fingerprint density at radius 3 is 2.50 bits per heavy atom. The van der Waals surface area contributed by atoms with Gasteiger partial charge < -0.3 is 15.4 Å². The van der Waals surface area contributed by atoms with E-state index in [1.807, 2.05) is 36.0 Å². The largest absolute Gasteiger partial charge is 0.471 e. The summed E-state index contributed by atoms with van der Waals surface area (Å²) in [5.74, 6) is 1.98. The molecule has 0 fully saturated rings. The number of fused-ring (bicyclic) bond motifs is 2. The first-order chi connectivity index (χ1) is 8.93. The summed E-state index contributed by atoms with van der Waals surface area (Å²) in [5.41, 5.74) is 2.38. The monoisotopic (exact) mass is 258 g/mol. The molecule has 0 aromatic heterocycles. The smallest absolute Gasteiger partial charge is 0.159 e. The van der Waals surface area contributed by atoms with Gasteiger partial charge in [0.25, 0.3) is 0 Å². The minimum atomic E-state index is 0.610. The van der Waals surface area contributed by atoms with Crippen LogP contribution in [-0.2, 0) is 0 Å². The van der Waals surface area contributed by atoms with Crippen LogP contribution in [0.2, 0.25) is 0 Å². The number of ether oxygens (including phenoxy) is 1. The zero-order chi connectivity index (χ0) is 12.2. The maximum Gasteiger partial charge on any atom is 0.159 e. The maximum atomic E-state index is 5.19. The van der Waals surface area contributed by atoms with Crippen LogP contribution in [0.3, 0.4) is 0 Å². The van der Waals surface area contributed by atoms with Gasteiger partial charge in [-0.05, 0) is 24.3 Å². The summed E-state index contributed by atoms with van der Waals surface area (Å²) < 4.78 is 5.19. The van der Waals surface area contributed by atoms with Gasteiger partial charge in [0.1, 0.15) is 5.75 Å². The molecule has 0 radical (unpaired) electrons. The van der Waals surface area contributed by atoms with Crippen LogP contribution in [0.4, 0.5) is 11.4 Å². The van der Waals surface area contributed by atoms with E-state index in [-0.39, 0.29) is 0 Å². The fourth-order valence-corrected chi connectivity index (χ4v) is 2.71. The number of nitrogens with one attached hydrogen (secondary N) is 2. The van der Waals surface area contributed by atoms with Crippen molar-refractivity contribution in [1.82, 2.24) is 0 Å². The SMILES string of the molecule is c1ccc2c(c1)NCO2.c1ccc2c(c1)NCS2. The van der Waals surface area contributed by atoms with Crippen molar-refractivity contribution < 1.29 is 4.74 Å². The molecule has 2 aromatic rings. The highest BCUT2D eigenvalue weighted by Crippen LogP contribution is 2.32. The van der Waals surface area contributed by atoms with Crippen molar-refractivity contribution in [3.63, 3.8) is 0 Å². The van der Waals surface area contributed by atoms with E-state index in [2.05, 4.69) is 34.9 Å². The van der Waals surface area contributed by atoms with Crippen LogP contribution in [0.25, 0.3) is 0 Å². The third-order valence-electron chi connectivity index (χ3n) is 2.75. The molecule has 2 N–H and O–H groups in total. The molecule has 4 rings (SSSR count). The number of anilines is 2. The lowest BCUT2D eigenvalue weighted by molar-refractivity contribution is 0.372. The molecule has 0 saturated carbocycles. The highest BCUT2D eigenvalue weighted by Gasteiger charge is 2.07. The predicted octanol–water partition coefficient (Wildman–Crippen LogP) is 3.61. The van der Waals surface area contributed by atoms with Crippen LogP contribution in [0.5, 0.6) is 5.75 Å². The molecule has 18 heavy (non-hydrogen) atoms. The zero-order valence-corrected chi connectivity index (χ0v) is 10.7. The number of para-hydroxylation sites is 3. The minimum Gasteiger partial charge on any atom is -0.471 e. The van der Waals surface area contributed by atoms with Crippen LogP contribution < -0.4 is 15.4 Å². The fraction of sp³-hybridized carbons (Fsp3) is 0.143. The van der Waals surface area contributed by atoms with Gasteiger partial charge in [-0.3, -0.25) is 0 Å². The lowest BCUT2D eigenvalue weighted by Crippen LogP contribution is -1.96. The lowest BCUT2D eigenvalue weighted by Gasteiger charge is -1.92. The molecule has 3 nitrogen and oxygen atoms in total. The third-order valence-corrected chi connectivity index (χ3v) is 3.71. The van der Waals surface area contributed by atoms with Gasteiger partial charge in [-0.15, -0.1) is 11.8 Å². The Balaban J connectivity index is 0.000000111. The molecule has 2 aliphatic heterocycles. The Labute approximate surface area is 111 Å². The fourth-order valence-electron chi connectivity index (χ4n) is 1.86. The molecule has 92 valence electrons. The van der Waals surface area contributed by atoms with Gasteiger partial charge in [0.2, 0.25) is 0 Å². The molecular weight excluding hydrogens is 244 g/mol. The van der Waals surface area contributed by atoms with Gasteiger partial charge in [-0.2, -0.15) is 0 Å². The predicted molar refractivity (Wildman–Crippen MR) is 76.3 cm³/mol. The topological polar surface area (TPSA) is 33.3 Å². The Bertz CT molecular complexity index is 449. The molecule has 2 aromatic carbocycles. The number of thioether (sulfide) groups is 1. The first kappa shape index (κ1) is 11.3. The summed E-state index contributed by atoms with van der Waals surface area (Å²) in [4.78, 5) is 1.37. The van der Waals surface area contributed by atoms with Crippen molar-refractivity contribution in [1.29, 1.82) is 0 Å². The molecule has 0 spiro atoms. The van der Waals surface area contributed by atoms with Gasteiger partial charge in [-0.1, -0.05) is 24.3 Å². The van der Waals surface area contributed by atoms with Crippen LogP contribution in [0.1, 0.15) is 0 Å². The highest BCUT2D eigenvalue weighted by molar-refractivity contribution is 7.99. The summed E-state index contributed by atoms with van der Waals surface area (Å²) in [5, 5.41) is 6.34. The second-order valence-electron chi connectivity index (χ2n) is 3.92. The molecule has 4 heteroatoms. The number of hydrogen-bond donors (Lipinski definition) is 2. The molecule has 2 heterocycles. The molecule has 0 bridgehead atoms. The molecule has 0 amide bonds. The zero-order valence-electron chi connectivity index (χ0n) is 9.85. The third kappa shape index (κ3) is 2.38. The Morgan fingerprint density at radius 2 is 1.67 bits per heavy atom. The van der Waals surface area contributed by atoms with Crippen molar-refractivity contribution in [3.05, 3.63) is 48.5 Å². The van der Waals surface area contributed by atoms with Crippen LogP contribution >= 0.6 is 11.8 Å². The summed E-state index contributed by atoms with van der Waals surface area (Å²) in [6, 6.07) is 16.3. The van der Waals surface area contributed by atoms with Crippen molar-refractivity contribution in [2.24, 2.45) is 0 Å². The van der Waals surface area contributed by atoms with E-state index in [0.717, 1.165) is 17.3 Å². The average Bonchev–Trinajstić information content (AvgIpc) is 3.08. The standard InChI is InChI=1S/C7H7NO.C7H7NS/c2*1-2-4-7-6(3-1)8-5-9-7/h2*1-4,8H,5H2. The molecule has 0 unspecified atom stereocenters. The number of hydrogen-bond acceptors (Lipinski definition) is 4. The maximum absolute atomic E-state index is 5.19. The van der Waals surface area contributed by atoms with Crippen LogP contribution in [0, 0.1) is 0 Å². The summed E-state index contributed by atoms with van der Waals surface area (Å²) in [6.07, 6.45) is 0. The first-order valence-electron chi connectivity index (χ1n) is 5.85. The summed E-state index contributed by atoms with van der Waals surface area (Å²) >= 11 is 1.86. The minimum absolute atomic E-state index is 0.610. The van der Waals surface area contributed by atoms with Crippen LogP contribution in [0.15, 0.2) is 53.4 Å². The van der Waals surface area contributed by atoms with E-state index in [1.165, 1.54) is 10.6 Å². The first-order valence-corrected chi connectivity index (χ1v) is 6.83. The van der Waals surface area contributed by atoms with Crippen molar-refractivity contribution in [2.75, 3.05) is 23.2 Å². The second kappa shape index (κ2) is 5.23. The molecule has 0 atom stereocenters. The molecule has 0 aliphatic carbocycles. The Morgan fingerprint density at radius 1 is 0.889 bits per heavy atom. The van der Waals surface area contributed by atoms with E-state index >= 15 is 0 Å². The second-order valence-corrected chi connectivity index (χ2v) is 4.94. The molecular formula is C14H14N2OS. The normalized spacial score (nSPS) is 14.2. The molecule has 0 saturated heterocycles. The van der Waals surface area contributed by atoms with E-state index in [0.29, 0.717) is 6.73 Å². The summed E-state index contributed by atoms with van der Waals surface area (Å²) in [7, 11) is 0. The Kier molecular flexibility index (Phi) is 3.28. The van der Waals surface area contributed by atoms with E-state index in [9.17, 15) is 0 Å². The average molecular weight is 258 g/mol. The quantitative estimate of drug-likeness (QED) is 0.756. The number of benzene rings is 2. The van der Waals surface area contributed by atoms with E-state index < -0.39 is 0 Å². The van der Waals surface area contributed by atoms with Crippen molar-refractivity contribution >= 4 is 23.1 Å². The lowest BCUT2D eigenvalue weighted by atomic mass is 10.3. The van der Waals surface area contributed by atoms with Crippen molar-refractivity contribution in [3.8, 4) is 5.75 Å². The van der Waals surface area contributed by atoms with Gasteiger partial charge in [0.05, 0.1) is 11.6 Å². The van der Waals surface area contributed by atoms with Crippen molar-refractivity contribution in [2.45, 2.75) is 4.90 Å². The number of rotatable bonds is 0. The van der Waals surface area contributed by atoms with Crippen LogP contribution in [-0.4, -0.2) is 12.6 Å². The van der Waals surface area contributed by atoms with Gasteiger partial charge >= 0.3 is 0 Å². The van der Waals surface area contributed by atoms with E-state index in [4.69, 9.17) is 4.74 Å². The van der Waals surface area contributed by atoms with Gasteiger partial charge in [0, 0.05) is 10.6 Å². The van der Waals surface area contributed by atoms with Gasteiger partial charge in [-0.25, -0.2) is 0 Å². The van der Waals surface area contributed by atoms with E-state index in [1.54, 1.807) is 0 Å².